The molecule has 3 aliphatic heterocycles. The molecular weight excluding hydrogens is 356 g/mol. The van der Waals surface area contributed by atoms with Gasteiger partial charge in [-0.2, -0.15) is 0 Å². The van der Waals surface area contributed by atoms with E-state index in [9.17, 15) is 18.0 Å². The maximum Gasteiger partial charge on any atom is 0.256 e. The van der Waals surface area contributed by atoms with Crippen molar-refractivity contribution in [2.24, 2.45) is 9.81 Å². The van der Waals surface area contributed by atoms with Gasteiger partial charge in [-0.3, -0.25) is 9.59 Å². The fourth-order valence-corrected chi connectivity index (χ4v) is 4.07. The Balaban J connectivity index is 1.64. The van der Waals surface area contributed by atoms with E-state index in [1.807, 2.05) is 20.8 Å². The van der Waals surface area contributed by atoms with Gasteiger partial charge in [-0.05, 0) is 12.2 Å². The summed E-state index contributed by atoms with van der Waals surface area (Å²) in [6.45, 7) is 7.98. The van der Waals surface area contributed by atoms with Gasteiger partial charge in [0.1, 0.15) is 5.84 Å². The highest BCUT2D eigenvalue weighted by atomic mass is 32.2. The third-order valence-corrected chi connectivity index (χ3v) is 5.73. The Hall–Kier alpha value is -2.16. The summed E-state index contributed by atoms with van der Waals surface area (Å²) in [5.74, 6) is 0.261. The molecule has 0 atom stereocenters. The normalized spacial score (nSPS) is 22.5. The van der Waals surface area contributed by atoms with Crippen molar-refractivity contribution < 1.29 is 18.0 Å². The summed E-state index contributed by atoms with van der Waals surface area (Å²) >= 11 is 0. The van der Waals surface area contributed by atoms with Crippen LogP contribution < -0.4 is 0 Å². The molecule has 1 fully saturated rings. The smallest absolute Gasteiger partial charge is 0.256 e. The van der Waals surface area contributed by atoms with Crippen molar-refractivity contribution in [3.05, 3.63) is 23.9 Å². The maximum atomic E-state index is 12.7. The van der Waals surface area contributed by atoms with Crippen LogP contribution in [0.2, 0.25) is 0 Å². The van der Waals surface area contributed by atoms with Gasteiger partial charge in [0.15, 0.2) is 0 Å². The molecule has 3 heterocycles. The number of carbonyl (C=O) groups excluding carboxylic acids is 2. The minimum atomic E-state index is -3.40. The van der Waals surface area contributed by atoms with Gasteiger partial charge >= 0.3 is 0 Å². The molecule has 0 aromatic heterocycles. The first kappa shape index (κ1) is 18.6. The van der Waals surface area contributed by atoms with Gasteiger partial charge in [0, 0.05) is 44.3 Å². The summed E-state index contributed by atoms with van der Waals surface area (Å²) in [6.07, 6.45) is 4.82. The molecule has 0 spiro atoms. The van der Waals surface area contributed by atoms with Crippen LogP contribution in [-0.4, -0.2) is 79.2 Å². The van der Waals surface area contributed by atoms with Gasteiger partial charge in [-0.1, -0.05) is 20.8 Å². The molecule has 0 aromatic carbocycles. The molecule has 8 nitrogen and oxygen atoms in total. The van der Waals surface area contributed by atoms with Crippen LogP contribution in [0.15, 0.2) is 28.3 Å². The van der Waals surface area contributed by atoms with E-state index in [4.69, 9.17) is 0 Å². The lowest BCUT2D eigenvalue weighted by Crippen LogP contribution is -2.53. The second kappa shape index (κ2) is 6.53. The van der Waals surface area contributed by atoms with E-state index in [0.717, 1.165) is 0 Å². The van der Waals surface area contributed by atoms with Gasteiger partial charge in [0.05, 0.1) is 11.3 Å². The van der Waals surface area contributed by atoms with Gasteiger partial charge in [0.2, 0.25) is 5.91 Å². The van der Waals surface area contributed by atoms with Crippen molar-refractivity contribution in [3.63, 3.8) is 0 Å². The van der Waals surface area contributed by atoms with Crippen molar-refractivity contribution in [2.45, 2.75) is 20.8 Å². The number of nitrogens with zero attached hydrogens (tertiary/aromatic N) is 4. The van der Waals surface area contributed by atoms with Crippen LogP contribution in [0, 0.1) is 5.41 Å². The van der Waals surface area contributed by atoms with Gasteiger partial charge in [-0.15, -0.1) is 4.40 Å². The maximum absolute atomic E-state index is 12.7. The standard InChI is InChI=1S/C17H24N4O4S/c1-17(2,3)16(23)20-8-6-19(7-9-20)15(22)13-4-5-14-18-26(24,25)11-10-21(14)12-13/h4-5,12H,6-11H2,1-3H3. The summed E-state index contributed by atoms with van der Waals surface area (Å²) in [5, 5.41) is 0. The van der Waals surface area contributed by atoms with E-state index in [1.165, 1.54) is 0 Å². The second-order valence-electron chi connectivity index (χ2n) is 7.68. The number of rotatable bonds is 1. The van der Waals surface area contributed by atoms with Crippen LogP contribution in [-0.2, 0) is 19.6 Å². The number of hydrogen-bond donors (Lipinski definition) is 0. The lowest BCUT2D eigenvalue weighted by atomic mass is 9.94. The molecule has 142 valence electrons. The largest absolute Gasteiger partial charge is 0.339 e. The van der Waals surface area contributed by atoms with Gasteiger partial charge in [-0.25, -0.2) is 8.42 Å². The molecule has 0 aromatic rings. The Morgan fingerprint density at radius 2 is 1.62 bits per heavy atom. The topological polar surface area (TPSA) is 90.4 Å². The van der Waals surface area contributed by atoms with Gasteiger partial charge < -0.3 is 14.7 Å². The molecule has 3 rings (SSSR count). The van der Waals surface area contributed by atoms with E-state index in [0.29, 0.717) is 37.6 Å². The Bertz CT molecular complexity index is 812. The molecule has 0 saturated carbocycles. The monoisotopic (exact) mass is 380 g/mol. The van der Waals surface area contributed by atoms with Crippen LogP contribution in [0.5, 0.6) is 0 Å². The Morgan fingerprint density at radius 3 is 2.23 bits per heavy atom. The molecule has 0 N–H and O–H groups in total. The summed E-state index contributed by atoms with van der Waals surface area (Å²) in [4.78, 5) is 30.3. The second-order valence-corrected chi connectivity index (χ2v) is 9.44. The predicted octanol–water partition coefficient (Wildman–Crippen LogP) is 0.201. The van der Waals surface area contributed by atoms with Crippen LogP contribution >= 0.6 is 0 Å². The highest BCUT2D eigenvalue weighted by Gasteiger charge is 2.32. The lowest BCUT2D eigenvalue weighted by Gasteiger charge is -2.38. The minimum absolute atomic E-state index is 0.0596. The van der Waals surface area contributed by atoms with E-state index < -0.39 is 15.4 Å². The Kier molecular flexibility index (Phi) is 4.68. The van der Waals surface area contributed by atoms with E-state index in [-0.39, 0.29) is 24.1 Å². The molecule has 0 unspecified atom stereocenters. The molecule has 1 saturated heterocycles. The fraction of sp³-hybridized carbons (Fsp3) is 0.588. The number of amidine groups is 1. The van der Waals surface area contributed by atoms with Crippen molar-refractivity contribution in [2.75, 3.05) is 38.5 Å². The lowest BCUT2D eigenvalue weighted by molar-refractivity contribution is -0.143. The van der Waals surface area contributed by atoms with E-state index in [1.54, 1.807) is 33.1 Å². The average molecular weight is 380 g/mol. The van der Waals surface area contributed by atoms with Crippen LogP contribution in [0.4, 0.5) is 0 Å². The number of hydrogen-bond acceptors (Lipinski definition) is 5. The zero-order chi connectivity index (χ0) is 19.1. The average Bonchev–Trinajstić information content (AvgIpc) is 2.58. The number of sulfonamides is 1. The minimum Gasteiger partial charge on any atom is -0.339 e. The van der Waals surface area contributed by atoms with Crippen LogP contribution in [0.1, 0.15) is 20.8 Å². The number of amides is 2. The molecular formula is C17H24N4O4S. The molecule has 0 aliphatic carbocycles. The summed E-state index contributed by atoms with van der Waals surface area (Å²) in [7, 11) is -3.40. The van der Waals surface area contributed by atoms with Crippen LogP contribution in [0.25, 0.3) is 0 Å². The first-order valence-electron chi connectivity index (χ1n) is 8.65. The summed E-state index contributed by atoms with van der Waals surface area (Å²) in [6, 6.07) is 0. The van der Waals surface area contributed by atoms with Crippen molar-refractivity contribution in [1.29, 1.82) is 0 Å². The number of fused-ring (bicyclic) bond motifs is 1. The highest BCUT2D eigenvalue weighted by molar-refractivity contribution is 7.90. The van der Waals surface area contributed by atoms with Gasteiger partial charge in [0.25, 0.3) is 15.9 Å². The van der Waals surface area contributed by atoms with Crippen molar-refractivity contribution in [1.82, 2.24) is 14.7 Å². The summed E-state index contributed by atoms with van der Waals surface area (Å²) < 4.78 is 26.8. The summed E-state index contributed by atoms with van der Waals surface area (Å²) in [5.41, 5.74) is 0.0735. The first-order valence-corrected chi connectivity index (χ1v) is 10.3. The quantitative estimate of drug-likeness (QED) is 0.648. The molecule has 9 heteroatoms. The third-order valence-electron chi connectivity index (χ3n) is 4.57. The van der Waals surface area contributed by atoms with E-state index in [2.05, 4.69) is 4.40 Å². The van der Waals surface area contributed by atoms with Crippen molar-refractivity contribution in [3.8, 4) is 0 Å². The first-order chi connectivity index (χ1) is 12.1. The molecule has 26 heavy (non-hydrogen) atoms. The zero-order valence-electron chi connectivity index (χ0n) is 15.3. The van der Waals surface area contributed by atoms with Crippen molar-refractivity contribution >= 4 is 27.7 Å². The number of carbonyl (C=O) groups is 2. The van der Waals surface area contributed by atoms with Crippen LogP contribution in [0.3, 0.4) is 0 Å². The SMILES string of the molecule is CC(C)(C)C(=O)N1CCN(C(=O)C2=CN3CCS(=O)(=O)N=C3C=C2)CC1. The third kappa shape index (κ3) is 3.82. The zero-order valence-corrected chi connectivity index (χ0v) is 16.1. The highest BCUT2D eigenvalue weighted by Crippen LogP contribution is 2.21. The fourth-order valence-electron chi connectivity index (χ4n) is 3.10. The van der Waals surface area contributed by atoms with E-state index >= 15 is 0 Å². The Labute approximate surface area is 153 Å². The molecule has 0 bridgehead atoms. The number of piperazine rings is 1. The molecule has 0 radical (unpaired) electrons. The predicted molar refractivity (Wildman–Crippen MR) is 97.8 cm³/mol. The Morgan fingerprint density at radius 1 is 1.00 bits per heavy atom. The molecule has 3 aliphatic rings. The molecule has 2 amide bonds.